The molecule has 1 aromatic heterocycles. The van der Waals surface area contributed by atoms with Gasteiger partial charge in [-0.05, 0) is 18.9 Å². The van der Waals surface area contributed by atoms with Crippen molar-refractivity contribution in [3.05, 3.63) is 35.2 Å². The number of rotatable bonds is 7. The van der Waals surface area contributed by atoms with Crippen LogP contribution in [0.3, 0.4) is 0 Å². The fourth-order valence-corrected chi connectivity index (χ4v) is 3.06. The lowest BCUT2D eigenvalue weighted by Crippen LogP contribution is -2.24. The number of methoxy groups -OCH3 is 1. The number of amides is 1. The minimum atomic E-state index is -0.177. The van der Waals surface area contributed by atoms with E-state index >= 15 is 0 Å². The van der Waals surface area contributed by atoms with E-state index in [1.165, 1.54) is 7.11 Å². The number of thiophene rings is 1. The van der Waals surface area contributed by atoms with E-state index in [-0.39, 0.29) is 11.9 Å². The second-order valence-electron chi connectivity index (χ2n) is 4.79. The number of unbranched alkanes of at least 4 members (excludes halogenated alkanes) is 2. The van der Waals surface area contributed by atoms with E-state index in [9.17, 15) is 9.59 Å². The average Bonchev–Trinajstić information content (AvgIpc) is 2.94. The molecule has 1 aromatic carbocycles. The van der Waals surface area contributed by atoms with Gasteiger partial charge in [-0.1, -0.05) is 24.6 Å². The van der Waals surface area contributed by atoms with E-state index in [1.807, 2.05) is 29.6 Å². The minimum absolute atomic E-state index is 0.0274. The highest BCUT2D eigenvalue weighted by molar-refractivity contribution is 7.17. The van der Waals surface area contributed by atoms with Gasteiger partial charge in [0.2, 0.25) is 0 Å². The molecule has 2 rings (SSSR count). The molecule has 0 aliphatic rings. The SMILES string of the molecule is COC(=O)CCCCCNC(=O)c1csc2ccccc12. The summed E-state index contributed by atoms with van der Waals surface area (Å²) < 4.78 is 5.70. The number of nitrogens with one attached hydrogen (secondary N) is 1. The van der Waals surface area contributed by atoms with Crippen molar-refractivity contribution in [2.24, 2.45) is 0 Å². The van der Waals surface area contributed by atoms with Crippen LogP contribution in [0.25, 0.3) is 10.1 Å². The molecule has 112 valence electrons. The van der Waals surface area contributed by atoms with Crippen molar-refractivity contribution in [3.63, 3.8) is 0 Å². The monoisotopic (exact) mass is 305 g/mol. The third kappa shape index (κ3) is 4.29. The fourth-order valence-electron chi connectivity index (χ4n) is 2.12. The van der Waals surface area contributed by atoms with Crippen LogP contribution < -0.4 is 5.32 Å². The highest BCUT2D eigenvalue weighted by atomic mass is 32.1. The largest absolute Gasteiger partial charge is 0.469 e. The van der Waals surface area contributed by atoms with Crippen LogP contribution in [0.15, 0.2) is 29.6 Å². The summed E-state index contributed by atoms with van der Waals surface area (Å²) in [5, 5.41) is 5.84. The standard InChI is InChI=1S/C16H19NO3S/c1-20-15(18)9-3-2-6-10-17-16(19)13-11-21-14-8-5-4-7-12(13)14/h4-5,7-8,11H,2-3,6,9-10H2,1H3,(H,17,19). The summed E-state index contributed by atoms with van der Waals surface area (Å²) in [7, 11) is 1.40. The highest BCUT2D eigenvalue weighted by Gasteiger charge is 2.10. The van der Waals surface area contributed by atoms with Crippen LogP contribution in [-0.4, -0.2) is 25.5 Å². The van der Waals surface area contributed by atoms with E-state index in [1.54, 1.807) is 11.3 Å². The third-order valence-corrected chi connectivity index (χ3v) is 4.26. The second kappa shape index (κ2) is 7.78. The zero-order chi connectivity index (χ0) is 15.1. The molecule has 0 unspecified atom stereocenters. The summed E-state index contributed by atoms with van der Waals surface area (Å²) in [6, 6.07) is 7.90. The number of fused-ring (bicyclic) bond motifs is 1. The Balaban J connectivity index is 1.74. The van der Waals surface area contributed by atoms with E-state index < -0.39 is 0 Å². The number of hydrogen-bond acceptors (Lipinski definition) is 4. The van der Waals surface area contributed by atoms with Gasteiger partial charge >= 0.3 is 5.97 Å². The molecule has 0 saturated carbocycles. The van der Waals surface area contributed by atoms with Gasteiger partial charge in [-0.3, -0.25) is 9.59 Å². The van der Waals surface area contributed by atoms with Gasteiger partial charge in [0.15, 0.2) is 0 Å². The number of esters is 1. The zero-order valence-electron chi connectivity index (χ0n) is 12.1. The highest BCUT2D eigenvalue weighted by Crippen LogP contribution is 2.25. The van der Waals surface area contributed by atoms with Crippen molar-refractivity contribution >= 4 is 33.3 Å². The molecule has 0 spiro atoms. The Labute approximate surface area is 128 Å². The Kier molecular flexibility index (Phi) is 5.75. The molecule has 0 bridgehead atoms. The van der Waals surface area contributed by atoms with Gasteiger partial charge in [-0.2, -0.15) is 0 Å². The zero-order valence-corrected chi connectivity index (χ0v) is 12.9. The lowest BCUT2D eigenvalue weighted by molar-refractivity contribution is -0.140. The molecule has 0 fully saturated rings. The van der Waals surface area contributed by atoms with Crippen LogP contribution in [0, 0.1) is 0 Å². The minimum Gasteiger partial charge on any atom is -0.469 e. The molecule has 21 heavy (non-hydrogen) atoms. The van der Waals surface area contributed by atoms with Crippen molar-refractivity contribution in [2.45, 2.75) is 25.7 Å². The molecule has 0 aliphatic carbocycles. The Morgan fingerprint density at radius 1 is 1.19 bits per heavy atom. The molecular formula is C16H19NO3S. The fraction of sp³-hybridized carbons (Fsp3) is 0.375. The normalized spacial score (nSPS) is 10.5. The van der Waals surface area contributed by atoms with Crippen molar-refractivity contribution in [1.29, 1.82) is 0 Å². The maximum absolute atomic E-state index is 12.1. The molecule has 0 radical (unpaired) electrons. The van der Waals surface area contributed by atoms with Gasteiger partial charge in [-0.25, -0.2) is 0 Å². The molecule has 4 nitrogen and oxygen atoms in total. The summed E-state index contributed by atoms with van der Waals surface area (Å²) in [6.45, 7) is 0.629. The lowest BCUT2D eigenvalue weighted by atomic mass is 10.1. The summed E-state index contributed by atoms with van der Waals surface area (Å²) in [4.78, 5) is 23.1. The predicted molar refractivity (Wildman–Crippen MR) is 84.6 cm³/mol. The number of carbonyl (C=O) groups is 2. The van der Waals surface area contributed by atoms with Crippen molar-refractivity contribution in [2.75, 3.05) is 13.7 Å². The van der Waals surface area contributed by atoms with Gasteiger partial charge < -0.3 is 10.1 Å². The Hall–Kier alpha value is -1.88. The van der Waals surface area contributed by atoms with Crippen LogP contribution in [0.2, 0.25) is 0 Å². The van der Waals surface area contributed by atoms with Crippen molar-refractivity contribution in [1.82, 2.24) is 5.32 Å². The second-order valence-corrected chi connectivity index (χ2v) is 5.70. The first-order valence-corrected chi connectivity index (χ1v) is 7.91. The molecule has 0 atom stereocenters. The lowest BCUT2D eigenvalue weighted by Gasteiger charge is -2.04. The van der Waals surface area contributed by atoms with Gasteiger partial charge in [0.1, 0.15) is 0 Å². The first-order chi connectivity index (χ1) is 10.2. The molecule has 0 aliphatic heterocycles. The van der Waals surface area contributed by atoms with Gasteiger partial charge in [0, 0.05) is 28.4 Å². The van der Waals surface area contributed by atoms with Crippen LogP contribution in [0.4, 0.5) is 0 Å². The number of hydrogen-bond donors (Lipinski definition) is 1. The molecule has 1 amide bonds. The van der Waals surface area contributed by atoms with E-state index in [4.69, 9.17) is 0 Å². The number of ether oxygens (including phenoxy) is 1. The third-order valence-electron chi connectivity index (χ3n) is 3.30. The van der Waals surface area contributed by atoms with Crippen molar-refractivity contribution < 1.29 is 14.3 Å². The summed E-state index contributed by atoms with van der Waals surface area (Å²) in [5.41, 5.74) is 0.741. The topological polar surface area (TPSA) is 55.4 Å². The van der Waals surface area contributed by atoms with E-state index in [2.05, 4.69) is 10.1 Å². The molecule has 1 N–H and O–H groups in total. The molecule has 5 heteroatoms. The summed E-state index contributed by atoms with van der Waals surface area (Å²) >= 11 is 1.58. The number of carbonyl (C=O) groups excluding carboxylic acids is 2. The first-order valence-electron chi connectivity index (χ1n) is 7.03. The first kappa shape index (κ1) is 15.5. The molecular weight excluding hydrogens is 286 g/mol. The predicted octanol–water partition coefficient (Wildman–Crippen LogP) is 3.36. The summed E-state index contributed by atoms with van der Waals surface area (Å²) in [6.07, 6.45) is 3.01. The Morgan fingerprint density at radius 2 is 2.00 bits per heavy atom. The summed E-state index contributed by atoms with van der Waals surface area (Å²) in [5.74, 6) is -0.204. The average molecular weight is 305 g/mol. The van der Waals surface area contributed by atoms with Crippen LogP contribution in [0.5, 0.6) is 0 Å². The Morgan fingerprint density at radius 3 is 2.81 bits per heavy atom. The Bertz CT molecular complexity index is 621. The quantitative estimate of drug-likeness (QED) is 0.630. The number of benzene rings is 1. The van der Waals surface area contributed by atoms with Gasteiger partial charge in [0.25, 0.3) is 5.91 Å². The maximum Gasteiger partial charge on any atom is 0.305 e. The maximum atomic E-state index is 12.1. The van der Waals surface area contributed by atoms with Crippen molar-refractivity contribution in [3.8, 4) is 0 Å². The van der Waals surface area contributed by atoms with E-state index in [0.29, 0.717) is 13.0 Å². The van der Waals surface area contributed by atoms with Gasteiger partial charge in [0.05, 0.1) is 12.7 Å². The van der Waals surface area contributed by atoms with Crippen LogP contribution in [0.1, 0.15) is 36.0 Å². The van der Waals surface area contributed by atoms with Gasteiger partial charge in [-0.15, -0.1) is 11.3 Å². The van der Waals surface area contributed by atoms with Crippen LogP contribution >= 0.6 is 11.3 Å². The van der Waals surface area contributed by atoms with E-state index in [0.717, 1.165) is 34.9 Å². The molecule has 2 aromatic rings. The molecule has 1 heterocycles. The van der Waals surface area contributed by atoms with Crippen LogP contribution in [-0.2, 0) is 9.53 Å². The smallest absolute Gasteiger partial charge is 0.305 e. The molecule has 0 saturated heterocycles.